The molecular weight excluding hydrogens is 445 g/mol. The Hall–Kier alpha value is -3.93. The van der Waals surface area contributed by atoms with E-state index < -0.39 is 23.5 Å². The van der Waals surface area contributed by atoms with E-state index in [2.05, 4.69) is 0 Å². The predicted molar refractivity (Wildman–Crippen MR) is 134 cm³/mol. The molecule has 1 saturated heterocycles. The number of carbonyl (C=O) groups is 2. The van der Waals surface area contributed by atoms with Gasteiger partial charge in [-0.25, -0.2) is 4.39 Å². The van der Waals surface area contributed by atoms with Gasteiger partial charge in [-0.3, -0.25) is 14.5 Å². The fourth-order valence-electron chi connectivity index (χ4n) is 4.17. The Morgan fingerprint density at radius 1 is 1.03 bits per heavy atom. The minimum absolute atomic E-state index is 0.127. The van der Waals surface area contributed by atoms with Crippen molar-refractivity contribution in [3.05, 3.63) is 100 Å². The molecule has 1 amide bonds. The van der Waals surface area contributed by atoms with E-state index >= 15 is 0 Å². The van der Waals surface area contributed by atoms with Crippen LogP contribution in [0.5, 0.6) is 5.75 Å². The molecule has 35 heavy (non-hydrogen) atoms. The van der Waals surface area contributed by atoms with Gasteiger partial charge in [0.05, 0.1) is 18.2 Å². The number of rotatable bonds is 6. The number of Topliss-reactive ketones (excluding diaryl/α,β-unsaturated/α-hetero) is 1. The summed E-state index contributed by atoms with van der Waals surface area (Å²) < 4.78 is 20.8. The molecule has 180 valence electrons. The number of aliphatic hydroxyl groups excluding tert-OH is 1. The first-order chi connectivity index (χ1) is 16.7. The lowest BCUT2D eigenvalue weighted by molar-refractivity contribution is -0.132. The quantitative estimate of drug-likeness (QED) is 0.267. The summed E-state index contributed by atoms with van der Waals surface area (Å²) in [6.07, 6.45) is 0. The van der Waals surface area contributed by atoms with Gasteiger partial charge in [0.2, 0.25) is 0 Å². The third-order valence-electron chi connectivity index (χ3n) is 5.98. The normalized spacial score (nSPS) is 17.3. The highest BCUT2D eigenvalue weighted by molar-refractivity contribution is 6.51. The van der Waals surface area contributed by atoms with Crippen LogP contribution < -0.4 is 9.64 Å². The lowest BCUT2D eigenvalue weighted by Gasteiger charge is -2.26. The van der Waals surface area contributed by atoms with E-state index in [1.54, 1.807) is 36.4 Å². The number of benzene rings is 3. The standard InChI is InChI=1S/C29H28FNO4/c1-17(2)16-35-24-14-11-20(15-19(24)4)27(32)25-26(22-7-5-6-8-23(22)30)31(29(34)28(25)33)21-12-9-18(3)10-13-21/h5-15,17,26,32H,16H2,1-4H3/b27-25+. The Balaban J connectivity index is 1.86. The van der Waals surface area contributed by atoms with Crippen molar-refractivity contribution >= 4 is 23.1 Å². The number of anilines is 1. The van der Waals surface area contributed by atoms with Crippen molar-refractivity contribution < 1.29 is 23.8 Å². The van der Waals surface area contributed by atoms with Crippen LogP contribution in [0.15, 0.2) is 72.3 Å². The lowest BCUT2D eigenvalue weighted by atomic mass is 9.94. The van der Waals surface area contributed by atoms with Crippen molar-refractivity contribution in [2.45, 2.75) is 33.7 Å². The minimum Gasteiger partial charge on any atom is -0.507 e. The summed E-state index contributed by atoms with van der Waals surface area (Å²) in [6.45, 7) is 8.38. The molecule has 6 heteroatoms. The molecule has 0 radical (unpaired) electrons. The second-order valence-electron chi connectivity index (χ2n) is 9.21. The Labute approximate surface area is 204 Å². The summed E-state index contributed by atoms with van der Waals surface area (Å²) in [5.41, 5.74) is 2.51. The topological polar surface area (TPSA) is 66.8 Å². The number of hydrogen-bond donors (Lipinski definition) is 1. The third kappa shape index (κ3) is 4.69. The maximum atomic E-state index is 15.0. The van der Waals surface area contributed by atoms with Gasteiger partial charge in [-0.1, -0.05) is 49.7 Å². The fraction of sp³-hybridized carbons (Fsp3) is 0.241. The first-order valence-electron chi connectivity index (χ1n) is 11.5. The van der Waals surface area contributed by atoms with Gasteiger partial charge in [0.15, 0.2) is 0 Å². The maximum Gasteiger partial charge on any atom is 0.300 e. The molecule has 3 aromatic rings. The van der Waals surface area contributed by atoms with Gasteiger partial charge in [-0.2, -0.15) is 0 Å². The maximum absolute atomic E-state index is 15.0. The smallest absolute Gasteiger partial charge is 0.300 e. The number of aliphatic hydroxyl groups is 1. The minimum atomic E-state index is -1.11. The van der Waals surface area contributed by atoms with E-state index in [0.717, 1.165) is 11.1 Å². The zero-order chi connectivity index (χ0) is 25.3. The third-order valence-corrected chi connectivity index (χ3v) is 5.98. The van der Waals surface area contributed by atoms with Crippen molar-refractivity contribution in [2.75, 3.05) is 11.5 Å². The van der Waals surface area contributed by atoms with Gasteiger partial charge in [0.25, 0.3) is 11.7 Å². The number of amides is 1. The largest absolute Gasteiger partial charge is 0.507 e. The fourth-order valence-corrected chi connectivity index (χ4v) is 4.17. The molecule has 0 aliphatic carbocycles. The summed E-state index contributed by atoms with van der Waals surface area (Å²) >= 11 is 0. The number of aryl methyl sites for hydroxylation is 2. The van der Waals surface area contributed by atoms with Crippen molar-refractivity contribution in [1.29, 1.82) is 0 Å². The van der Waals surface area contributed by atoms with Crippen LogP contribution in [0.2, 0.25) is 0 Å². The Morgan fingerprint density at radius 3 is 2.34 bits per heavy atom. The summed E-state index contributed by atoms with van der Waals surface area (Å²) in [5.74, 6) is -1.60. The molecule has 0 aromatic heterocycles. The zero-order valence-corrected chi connectivity index (χ0v) is 20.2. The highest BCUT2D eigenvalue weighted by Gasteiger charge is 2.47. The van der Waals surface area contributed by atoms with Crippen molar-refractivity contribution in [2.24, 2.45) is 5.92 Å². The van der Waals surface area contributed by atoms with Crippen LogP contribution >= 0.6 is 0 Å². The Kier molecular flexibility index (Phi) is 6.74. The number of halogens is 1. The molecule has 0 saturated carbocycles. The van der Waals surface area contributed by atoms with Crippen molar-refractivity contribution in [3.8, 4) is 5.75 Å². The first kappa shape index (κ1) is 24.2. The van der Waals surface area contributed by atoms with Gasteiger partial charge in [-0.05, 0) is 61.7 Å². The van der Waals surface area contributed by atoms with Gasteiger partial charge < -0.3 is 9.84 Å². The predicted octanol–water partition coefficient (Wildman–Crippen LogP) is 6.10. The summed E-state index contributed by atoms with van der Waals surface area (Å²) in [7, 11) is 0. The van der Waals surface area contributed by atoms with Crippen LogP contribution in [-0.2, 0) is 9.59 Å². The van der Waals surface area contributed by atoms with E-state index in [0.29, 0.717) is 29.5 Å². The van der Waals surface area contributed by atoms with Crippen molar-refractivity contribution in [1.82, 2.24) is 0 Å². The van der Waals surface area contributed by atoms with Gasteiger partial charge in [0, 0.05) is 16.8 Å². The van der Waals surface area contributed by atoms with E-state index in [-0.39, 0.29) is 16.9 Å². The van der Waals surface area contributed by atoms with Crippen LogP contribution in [0.3, 0.4) is 0 Å². The zero-order valence-electron chi connectivity index (χ0n) is 20.2. The first-order valence-corrected chi connectivity index (χ1v) is 11.5. The Morgan fingerprint density at radius 2 is 1.71 bits per heavy atom. The molecular formula is C29H28FNO4. The molecule has 1 fully saturated rings. The van der Waals surface area contributed by atoms with Crippen LogP contribution in [-0.4, -0.2) is 23.4 Å². The molecule has 4 rings (SSSR count). The van der Waals surface area contributed by atoms with Crippen LogP contribution in [0.25, 0.3) is 5.76 Å². The molecule has 1 N–H and O–H groups in total. The van der Waals surface area contributed by atoms with Gasteiger partial charge in [0.1, 0.15) is 17.3 Å². The molecule has 0 bridgehead atoms. The number of ether oxygens (including phenoxy) is 1. The molecule has 1 heterocycles. The van der Waals surface area contributed by atoms with E-state index in [1.165, 1.54) is 23.1 Å². The number of carbonyl (C=O) groups excluding carboxylic acids is 2. The monoisotopic (exact) mass is 473 g/mol. The summed E-state index contributed by atoms with van der Waals surface area (Å²) in [6, 6.07) is 17.0. The lowest BCUT2D eigenvalue weighted by Crippen LogP contribution is -2.29. The number of hydrogen-bond acceptors (Lipinski definition) is 4. The SMILES string of the molecule is Cc1ccc(N2C(=O)C(=O)/C(=C(/O)c3ccc(OCC(C)C)c(C)c3)C2c2ccccc2F)cc1. The average Bonchev–Trinajstić information content (AvgIpc) is 3.09. The van der Waals surface area contributed by atoms with Gasteiger partial charge in [-0.15, -0.1) is 0 Å². The Bertz CT molecular complexity index is 1310. The molecule has 3 aromatic carbocycles. The van der Waals surface area contributed by atoms with E-state index in [4.69, 9.17) is 4.74 Å². The molecule has 1 atom stereocenters. The number of ketones is 1. The summed E-state index contributed by atoms with van der Waals surface area (Å²) in [4.78, 5) is 27.7. The second-order valence-corrected chi connectivity index (χ2v) is 9.21. The highest BCUT2D eigenvalue weighted by Crippen LogP contribution is 2.43. The van der Waals surface area contributed by atoms with Crippen molar-refractivity contribution in [3.63, 3.8) is 0 Å². The van der Waals surface area contributed by atoms with Crippen LogP contribution in [0.1, 0.15) is 42.1 Å². The molecule has 1 unspecified atom stereocenters. The van der Waals surface area contributed by atoms with E-state index in [1.807, 2.05) is 39.8 Å². The van der Waals surface area contributed by atoms with Crippen LogP contribution in [0.4, 0.5) is 10.1 Å². The average molecular weight is 474 g/mol. The number of nitrogens with zero attached hydrogens (tertiary/aromatic N) is 1. The summed E-state index contributed by atoms with van der Waals surface area (Å²) in [5, 5.41) is 11.3. The molecule has 1 aliphatic heterocycles. The van der Waals surface area contributed by atoms with Gasteiger partial charge >= 0.3 is 0 Å². The second kappa shape index (κ2) is 9.74. The molecule has 0 spiro atoms. The molecule has 1 aliphatic rings. The molecule has 5 nitrogen and oxygen atoms in total. The highest BCUT2D eigenvalue weighted by atomic mass is 19.1. The van der Waals surface area contributed by atoms with E-state index in [9.17, 15) is 19.1 Å². The van der Waals surface area contributed by atoms with Crippen LogP contribution in [0, 0.1) is 25.6 Å².